The van der Waals surface area contributed by atoms with E-state index in [1.54, 1.807) is 0 Å². The van der Waals surface area contributed by atoms with Gasteiger partial charge >= 0.3 is 6.09 Å². The van der Waals surface area contributed by atoms with Crippen LogP contribution in [0.3, 0.4) is 0 Å². The lowest BCUT2D eigenvalue weighted by atomic mass is 9.92. The predicted molar refractivity (Wildman–Crippen MR) is 69.1 cm³/mol. The third kappa shape index (κ3) is 1.95. The molecule has 2 atom stereocenters. The predicted octanol–water partition coefficient (Wildman–Crippen LogP) is 3.72. The monoisotopic (exact) mass is 295 g/mol. The lowest BCUT2D eigenvalue weighted by Crippen LogP contribution is -2.38. The molecule has 0 N–H and O–H groups in total. The van der Waals surface area contributed by atoms with Gasteiger partial charge in [0.2, 0.25) is 0 Å². The highest BCUT2D eigenvalue weighted by Crippen LogP contribution is 2.35. The number of carbonyl (C=O) groups excluding carboxylic acids is 1. The molecule has 17 heavy (non-hydrogen) atoms. The van der Waals surface area contributed by atoms with Gasteiger partial charge < -0.3 is 4.74 Å². The van der Waals surface area contributed by atoms with Gasteiger partial charge in [-0.1, -0.05) is 22.4 Å². The molecule has 0 unspecified atom stereocenters. The SMILES string of the molecule is O=C1O[C@@H]2CCCC[C@@H]2N1c1ccc(Br)cc1. The Balaban J connectivity index is 1.90. The molecule has 2 aliphatic rings. The number of hydrogen-bond acceptors (Lipinski definition) is 2. The summed E-state index contributed by atoms with van der Waals surface area (Å²) < 4.78 is 6.46. The van der Waals surface area contributed by atoms with E-state index >= 15 is 0 Å². The molecule has 1 heterocycles. The van der Waals surface area contributed by atoms with Crippen molar-refractivity contribution in [3.05, 3.63) is 28.7 Å². The lowest BCUT2D eigenvalue weighted by molar-refractivity contribution is 0.113. The standard InChI is InChI=1S/C13H14BrNO2/c14-9-5-7-10(8-6-9)15-11-3-1-2-4-12(11)17-13(15)16/h5-8,11-12H,1-4H2/t11-,12+/m0/s1. The summed E-state index contributed by atoms with van der Waals surface area (Å²) in [6.45, 7) is 0. The first-order valence-corrected chi connectivity index (χ1v) is 6.80. The Morgan fingerprint density at radius 2 is 1.88 bits per heavy atom. The van der Waals surface area contributed by atoms with Crippen molar-refractivity contribution in [3.63, 3.8) is 0 Å². The fraction of sp³-hybridized carbons (Fsp3) is 0.462. The van der Waals surface area contributed by atoms with Gasteiger partial charge in [-0.15, -0.1) is 0 Å². The highest BCUT2D eigenvalue weighted by atomic mass is 79.9. The van der Waals surface area contributed by atoms with Gasteiger partial charge in [0, 0.05) is 10.2 Å². The number of amides is 1. The maximum atomic E-state index is 11.9. The van der Waals surface area contributed by atoms with Crippen molar-refractivity contribution in [1.29, 1.82) is 0 Å². The van der Waals surface area contributed by atoms with Gasteiger partial charge in [0.25, 0.3) is 0 Å². The van der Waals surface area contributed by atoms with E-state index in [0.29, 0.717) is 0 Å². The molecule has 0 aromatic heterocycles. The normalized spacial score (nSPS) is 27.8. The molecule has 0 radical (unpaired) electrons. The maximum Gasteiger partial charge on any atom is 0.415 e. The number of rotatable bonds is 1. The quantitative estimate of drug-likeness (QED) is 0.790. The average Bonchev–Trinajstić information content (AvgIpc) is 2.66. The zero-order chi connectivity index (χ0) is 11.8. The van der Waals surface area contributed by atoms with Crippen LogP contribution < -0.4 is 4.90 Å². The number of carbonyl (C=O) groups is 1. The molecule has 90 valence electrons. The molecule has 0 spiro atoms. The van der Waals surface area contributed by atoms with Crippen molar-refractivity contribution in [2.75, 3.05) is 4.90 Å². The van der Waals surface area contributed by atoms with Gasteiger partial charge in [-0.05, 0) is 43.5 Å². The van der Waals surface area contributed by atoms with Gasteiger partial charge in [-0.25, -0.2) is 4.79 Å². The molecular weight excluding hydrogens is 282 g/mol. The van der Waals surface area contributed by atoms with Crippen LogP contribution in [0.2, 0.25) is 0 Å². The van der Waals surface area contributed by atoms with Crippen LogP contribution in [0, 0.1) is 0 Å². The molecule has 3 rings (SSSR count). The molecule has 1 aliphatic heterocycles. The number of fused-ring (bicyclic) bond motifs is 1. The van der Waals surface area contributed by atoms with Crippen molar-refractivity contribution in [2.45, 2.75) is 37.8 Å². The first-order valence-electron chi connectivity index (χ1n) is 6.01. The Hall–Kier alpha value is -1.03. The Bertz CT molecular complexity index is 432. The summed E-state index contributed by atoms with van der Waals surface area (Å²) in [5.41, 5.74) is 0.938. The van der Waals surface area contributed by atoms with Gasteiger partial charge in [-0.2, -0.15) is 0 Å². The highest BCUT2D eigenvalue weighted by Gasteiger charge is 2.43. The maximum absolute atomic E-state index is 11.9. The number of hydrogen-bond donors (Lipinski definition) is 0. The first-order chi connectivity index (χ1) is 8.25. The largest absolute Gasteiger partial charge is 0.444 e. The number of benzene rings is 1. The van der Waals surface area contributed by atoms with Crippen molar-refractivity contribution in [3.8, 4) is 0 Å². The number of ether oxygens (including phenoxy) is 1. The minimum absolute atomic E-state index is 0.0971. The molecule has 1 aliphatic carbocycles. The average molecular weight is 296 g/mol. The van der Waals surface area contributed by atoms with Crippen molar-refractivity contribution in [1.82, 2.24) is 0 Å². The van der Waals surface area contributed by atoms with E-state index in [2.05, 4.69) is 15.9 Å². The van der Waals surface area contributed by atoms with E-state index in [4.69, 9.17) is 4.74 Å². The molecule has 4 heteroatoms. The highest BCUT2D eigenvalue weighted by molar-refractivity contribution is 9.10. The summed E-state index contributed by atoms with van der Waals surface area (Å²) in [5.74, 6) is 0. The summed E-state index contributed by atoms with van der Waals surface area (Å²) in [5, 5.41) is 0. The molecular formula is C13H14BrNO2. The Morgan fingerprint density at radius 1 is 1.18 bits per heavy atom. The summed E-state index contributed by atoms with van der Waals surface area (Å²) in [4.78, 5) is 13.7. The van der Waals surface area contributed by atoms with Crippen LogP contribution in [0.1, 0.15) is 25.7 Å². The number of halogens is 1. The van der Waals surface area contributed by atoms with Gasteiger partial charge in [0.1, 0.15) is 6.10 Å². The van der Waals surface area contributed by atoms with E-state index in [1.807, 2.05) is 29.2 Å². The van der Waals surface area contributed by atoms with E-state index in [-0.39, 0.29) is 18.2 Å². The summed E-state index contributed by atoms with van der Waals surface area (Å²) in [6.07, 6.45) is 4.31. The Kier molecular flexibility index (Phi) is 2.82. The van der Waals surface area contributed by atoms with Crippen molar-refractivity contribution in [2.24, 2.45) is 0 Å². The van der Waals surface area contributed by atoms with Gasteiger partial charge in [0.15, 0.2) is 0 Å². The number of nitrogens with zero attached hydrogens (tertiary/aromatic N) is 1. The topological polar surface area (TPSA) is 29.5 Å². The molecule has 1 aromatic rings. The van der Waals surface area contributed by atoms with Crippen LogP contribution in [0.4, 0.5) is 10.5 Å². The van der Waals surface area contributed by atoms with Crippen LogP contribution in [0.25, 0.3) is 0 Å². The Morgan fingerprint density at radius 3 is 2.65 bits per heavy atom. The summed E-state index contributed by atoms with van der Waals surface area (Å²) >= 11 is 3.40. The second-order valence-corrected chi connectivity index (χ2v) is 5.54. The fourth-order valence-corrected chi connectivity index (χ4v) is 2.99. The number of anilines is 1. The van der Waals surface area contributed by atoms with Crippen molar-refractivity contribution >= 4 is 27.7 Å². The van der Waals surface area contributed by atoms with Gasteiger partial charge in [0.05, 0.1) is 6.04 Å². The van der Waals surface area contributed by atoms with Crippen LogP contribution in [-0.2, 0) is 4.74 Å². The van der Waals surface area contributed by atoms with E-state index in [1.165, 1.54) is 12.8 Å². The van der Waals surface area contributed by atoms with E-state index < -0.39 is 0 Å². The molecule has 1 aromatic carbocycles. The third-order valence-electron chi connectivity index (χ3n) is 3.55. The summed E-state index contributed by atoms with van der Waals surface area (Å²) in [7, 11) is 0. The van der Waals surface area contributed by atoms with E-state index in [0.717, 1.165) is 23.0 Å². The molecule has 3 nitrogen and oxygen atoms in total. The minimum Gasteiger partial charge on any atom is -0.444 e. The van der Waals surface area contributed by atoms with Crippen molar-refractivity contribution < 1.29 is 9.53 Å². The first kappa shape index (κ1) is 11.1. The van der Waals surface area contributed by atoms with Crippen LogP contribution in [0.5, 0.6) is 0 Å². The smallest absolute Gasteiger partial charge is 0.415 e. The zero-order valence-electron chi connectivity index (χ0n) is 9.43. The van der Waals surface area contributed by atoms with E-state index in [9.17, 15) is 4.79 Å². The molecule has 0 bridgehead atoms. The third-order valence-corrected chi connectivity index (χ3v) is 4.08. The lowest BCUT2D eigenvalue weighted by Gasteiger charge is -2.27. The van der Waals surface area contributed by atoms with Crippen LogP contribution >= 0.6 is 15.9 Å². The van der Waals surface area contributed by atoms with Crippen LogP contribution in [-0.4, -0.2) is 18.2 Å². The molecule has 1 saturated heterocycles. The fourth-order valence-electron chi connectivity index (χ4n) is 2.73. The zero-order valence-corrected chi connectivity index (χ0v) is 11.0. The van der Waals surface area contributed by atoms with Gasteiger partial charge in [-0.3, -0.25) is 4.90 Å². The Labute approximate surface area is 109 Å². The molecule has 2 fully saturated rings. The molecule has 1 saturated carbocycles. The molecule has 1 amide bonds. The second kappa shape index (κ2) is 4.33. The minimum atomic E-state index is -0.191. The van der Waals surface area contributed by atoms with Crippen LogP contribution in [0.15, 0.2) is 28.7 Å². The second-order valence-electron chi connectivity index (χ2n) is 4.62. The summed E-state index contributed by atoms with van der Waals surface area (Å²) in [6, 6.07) is 8.07.